The lowest BCUT2D eigenvalue weighted by Crippen LogP contribution is -2.56. The Bertz CT molecular complexity index is 497. The van der Waals surface area contributed by atoms with E-state index in [1.807, 2.05) is 7.05 Å². The predicted molar refractivity (Wildman–Crippen MR) is 101 cm³/mol. The van der Waals surface area contributed by atoms with Crippen LogP contribution in [0.25, 0.3) is 0 Å². The number of ether oxygens (including phenoxy) is 1. The fraction of sp³-hybridized carbons (Fsp3) is 0.786. The van der Waals surface area contributed by atoms with E-state index in [4.69, 9.17) is 4.74 Å². The Morgan fingerprint density at radius 1 is 1.35 bits per heavy atom. The first kappa shape index (κ1) is 20.1. The van der Waals surface area contributed by atoms with Gasteiger partial charge >= 0.3 is 0 Å². The molecule has 0 aliphatic carbocycles. The molecule has 8 nitrogen and oxygen atoms in total. The fourth-order valence-electron chi connectivity index (χ4n) is 2.44. The largest absolute Gasteiger partial charge is 0.379 e. The maximum Gasteiger partial charge on any atom is 0.191 e. The van der Waals surface area contributed by atoms with Crippen LogP contribution in [0.3, 0.4) is 0 Å². The van der Waals surface area contributed by atoms with Crippen LogP contribution in [0.15, 0.2) is 11.3 Å². The third-order valence-electron chi connectivity index (χ3n) is 4.00. The number of aliphatic imine (C=N–C) groups is 1. The minimum atomic E-state index is 0. The molecule has 1 fully saturated rings. The molecule has 0 aromatic carbocycles. The Morgan fingerprint density at radius 2 is 2.04 bits per heavy atom. The third-order valence-corrected chi connectivity index (χ3v) is 4.00. The van der Waals surface area contributed by atoms with E-state index in [0.717, 1.165) is 44.6 Å². The third kappa shape index (κ3) is 5.88. The minimum absolute atomic E-state index is 0. The Hall–Kier alpha value is -0.940. The fourth-order valence-corrected chi connectivity index (χ4v) is 2.44. The van der Waals surface area contributed by atoms with Crippen LogP contribution in [-0.2, 0) is 18.3 Å². The highest BCUT2D eigenvalue weighted by Gasteiger charge is 2.28. The van der Waals surface area contributed by atoms with Gasteiger partial charge < -0.3 is 15.4 Å². The molecule has 0 atom stereocenters. The van der Waals surface area contributed by atoms with E-state index in [1.54, 1.807) is 18.1 Å². The van der Waals surface area contributed by atoms with Gasteiger partial charge in [-0.05, 0) is 13.8 Å². The molecule has 1 aliphatic heterocycles. The molecule has 0 saturated carbocycles. The SMILES string of the molecule is CN=C(NCc1ncnn1C)NCC(C)(C)N1CCOCC1.I. The summed E-state index contributed by atoms with van der Waals surface area (Å²) in [6.07, 6.45) is 1.55. The van der Waals surface area contributed by atoms with Crippen molar-refractivity contribution in [2.24, 2.45) is 12.0 Å². The molecular weight excluding hydrogens is 409 g/mol. The second-order valence-electron chi connectivity index (χ2n) is 5.99. The number of hydrogen-bond donors (Lipinski definition) is 2. The van der Waals surface area contributed by atoms with E-state index in [0.29, 0.717) is 6.54 Å². The van der Waals surface area contributed by atoms with Crippen LogP contribution in [0.5, 0.6) is 0 Å². The summed E-state index contributed by atoms with van der Waals surface area (Å²) in [6.45, 7) is 9.44. The summed E-state index contributed by atoms with van der Waals surface area (Å²) in [6, 6.07) is 0. The molecule has 1 aromatic heterocycles. The van der Waals surface area contributed by atoms with E-state index in [-0.39, 0.29) is 29.5 Å². The molecule has 0 bridgehead atoms. The van der Waals surface area contributed by atoms with Crippen LogP contribution in [0.1, 0.15) is 19.7 Å². The lowest BCUT2D eigenvalue weighted by Gasteiger charge is -2.41. The number of nitrogens with one attached hydrogen (secondary N) is 2. The van der Waals surface area contributed by atoms with Crippen LogP contribution in [0, 0.1) is 0 Å². The molecule has 0 unspecified atom stereocenters. The van der Waals surface area contributed by atoms with Gasteiger partial charge in [0.25, 0.3) is 0 Å². The lowest BCUT2D eigenvalue weighted by atomic mass is 10.0. The molecular formula is C14H28IN7O. The van der Waals surface area contributed by atoms with E-state index >= 15 is 0 Å². The molecule has 2 rings (SSSR count). The minimum Gasteiger partial charge on any atom is -0.379 e. The van der Waals surface area contributed by atoms with E-state index in [1.165, 1.54) is 0 Å². The van der Waals surface area contributed by atoms with Crippen LogP contribution in [0.2, 0.25) is 0 Å². The van der Waals surface area contributed by atoms with Crippen molar-refractivity contribution in [3.05, 3.63) is 12.2 Å². The van der Waals surface area contributed by atoms with Crippen molar-refractivity contribution in [2.75, 3.05) is 39.9 Å². The molecule has 1 aromatic rings. The summed E-state index contributed by atoms with van der Waals surface area (Å²) < 4.78 is 7.17. The second-order valence-corrected chi connectivity index (χ2v) is 5.99. The van der Waals surface area contributed by atoms with Gasteiger partial charge in [-0.15, -0.1) is 24.0 Å². The highest BCUT2D eigenvalue weighted by molar-refractivity contribution is 14.0. The van der Waals surface area contributed by atoms with Gasteiger partial charge in [0.15, 0.2) is 5.96 Å². The highest BCUT2D eigenvalue weighted by atomic mass is 127. The van der Waals surface area contributed by atoms with Crippen molar-refractivity contribution in [1.29, 1.82) is 0 Å². The first-order chi connectivity index (χ1) is 10.5. The number of nitrogens with zero attached hydrogens (tertiary/aromatic N) is 5. The molecule has 2 heterocycles. The molecule has 1 aliphatic rings. The van der Waals surface area contributed by atoms with Crippen molar-refractivity contribution in [3.8, 4) is 0 Å². The number of hydrogen-bond acceptors (Lipinski definition) is 5. The van der Waals surface area contributed by atoms with Crippen molar-refractivity contribution in [3.63, 3.8) is 0 Å². The Balaban J connectivity index is 0.00000264. The molecule has 0 spiro atoms. The van der Waals surface area contributed by atoms with Gasteiger partial charge in [0, 0.05) is 39.3 Å². The number of aryl methyl sites for hydroxylation is 1. The van der Waals surface area contributed by atoms with Crippen LogP contribution in [0.4, 0.5) is 0 Å². The predicted octanol–water partition coefficient (Wildman–Crippen LogP) is 0.209. The maximum absolute atomic E-state index is 5.42. The molecule has 23 heavy (non-hydrogen) atoms. The van der Waals surface area contributed by atoms with E-state index < -0.39 is 0 Å². The summed E-state index contributed by atoms with van der Waals surface area (Å²) in [7, 11) is 3.65. The molecule has 0 radical (unpaired) electrons. The van der Waals surface area contributed by atoms with Gasteiger partial charge in [-0.2, -0.15) is 5.10 Å². The van der Waals surface area contributed by atoms with Crippen molar-refractivity contribution >= 4 is 29.9 Å². The zero-order valence-electron chi connectivity index (χ0n) is 14.4. The Morgan fingerprint density at radius 3 is 2.61 bits per heavy atom. The average Bonchev–Trinajstić information content (AvgIpc) is 2.93. The number of aromatic nitrogens is 3. The summed E-state index contributed by atoms with van der Waals surface area (Å²) in [5, 5.41) is 10.7. The zero-order valence-corrected chi connectivity index (χ0v) is 16.7. The highest BCUT2D eigenvalue weighted by Crippen LogP contribution is 2.14. The zero-order chi connectivity index (χ0) is 16.0. The van der Waals surface area contributed by atoms with Gasteiger partial charge in [-0.3, -0.25) is 14.6 Å². The standard InChI is InChI=1S/C14H27N7O.HI/c1-14(2,21-5-7-22-8-6-21)10-17-13(15-3)16-9-12-18-11-19-20(12)4;/h11H,5-10H2,1-4H3,(H2,15,16,17);1H. The Labute approximate surface area is 155 Å². The monoisotopic (exact) mass is 437 g/mol. The summed E-state index contributed by atoms with van der Waals surface area (Å²) >= 11 is 0. The quantitative estimate of drug-likeness (QED) is 0.390. The van der Waals surface area contributed by atoms with Crippen molar-refractivity contribution in [2.45, 2.75) is 25.9 Å². The Kier molecular flexibility index (Phi) is 8.20. The average molecular weight is 437 g/mol. The van der Waals surface area contributed by atoms with Gasteiger partial charge in [-0.25, -0.2) is 4.98 Å². The van der Waals surface area contributed by atoms with Gasteiger partial charge in [0.2, 0.25) is 0 Å². The number of morpholine rings is 1. The van der Waals surface area contributed by atoms with E-state index in [2.05, 4.69) is 44.5 Å². The van der Waals surface area contributed by atoms with E-state index in [9.17, 15) is 0 Å². The first-order valence-corrected chi connectivity index (χ1v) is 7.63. The second kappa shape index (κ2) is 9.38. The number of guanidine groups is 1. The van der Waals surface area contributed by atoms with Crippen molar-refractivity contribution in [1.82, 2.24) is 30.3 Å². The van der Waals surface area contributed by atoms with Crippen LogP contribution in [-0.4, -0.2) is 71.1 Å². The lowest BCUT2D eigenvalue weighted by molar-refractivity contribution is -0.00834. The topological polar surface area (TPSA) is 79.6 Å². The summed E-state index contributed by atoms with van der Waals surface area (Å²) in [5.74, 6) is 1.64. The maximum atomic E-state index is 5.42. The first-order valence-electron chi connectivity index (χ1n) is 7.63. The summed E-state index contributed by atoms with van der Waals surface area (Å²) in [4.78, 5) is 10.9. The molecule has 1 saturated heterocycles. The number of rotatable bonds is 5. The van der Waals surface area contributed by atoms with Crippen LogP contribution < -0.4 is 10.6 Å². The smallest absolute Gasteiger partial charge is 0.191 e. The molecule has 9 heteroatoms. The van der Waals surface area contributed by atoms with Crippen LogP contribution >= 0.6 is 24.0 Å². The van der Waals surface area contributed by atoms with Crippen molar-refractivity contribution < 1.29 is 4.74 Å². The normalized spacial score (nSPS) is 16.8. The molecule has 0 amide bonds. The molecule has 132 valence electrons. The van der Waals surface area contributed by atoms with Gasteiger partial charge in [-0.1, -0.05) is 0 Å². The van der Waals surface area contributed by atoms with Gasteiger partial charge in [0.1, 0.15) is 12.2 Å². The number of halogens is 1. The molecule has 2 N–H and O–H groups in total. The summed E-state index contributed by atoms with van der Waals surface area (Å²) in [5.41, 5.74) is 0.0478. The van der Waals surface area contributed by atoms with Gasteiger partial charge in [0.05, 0.1) is 19.8 Å².